The zero-order valence-electron chi connectivity index (χ0n) is 14.3. The highest BCUT2D eigenvalue weighted by Crippen LogP contribution is 2.23. The Morgan fingerprint density at radius 1 is 1.27 bits per heavy atom. The highest BCUT2D eigenvalue weighted by Gasteiger charge is 2.18. The summed E-state index contributed by atoms with van der Waals surface area (Å²) in [4.78, 5) is 4.34. The molecule has 0 spiro atoms. The van der Waals surface area contributed by atoms with Gasteiger partial charge in [0.25, 0.3) is 0 Å². The number of ether oxygens (including phenoxy) is 1. The third kappa shape index (κ3) is 4.65. The van der Waals surface area contributed by atoms with Gasteiger partial charge in [-0.15, -0.1) is 0 Å². The van der Waals surface area contributed by atoms with E-state index in [1.165, 1.54) is 31.2 Å². The largest absolute Gasteiger partial charge is 0.496 e. The van der Waals surface area contributed by atoms with Crippen molar-refractivity contribution in [2.24, 2.45) is 10.9 Å². The second-order valence-corrected chi connectivity index (χ2v) is 6.33. The van der Waals surface area contributed by atoms with Crippen LogP contribution >= 0.6 is 0 Å². The van der Waals surface area contributed by atoms with Gasteiger partial charge in [-0.3, -0.25) is 4.99 Å². The minimum Gasteiger partial charge on any atom is -0.496 e. The lowest BCUT2D eigenvalue weighted by Crippen LogP contribution is -2.44. The van der Waals surface area contributed by atoms with E-state index in [2.05, 4.69) is 47.7 Å². The van der Waals surface area contributed by atoms with Crippen LogP contribution in [0.2, 0.25) is 0 Å². The molecular formula is C18H29N3O. The number of guanidine groups is 1. The van der Waals surface area contributed by atoms with Crippen molar-refractivity contribution in [1.29, 1.82) is 0 Å². The Labute approximate surface area is 134 Å². The van der Waals surface area contributed by atoms with Gasteiger partial charge in [-0.1, -0.05) is 19.1 Å². The fourth-order valence-corrected chi connectivity index (χ4v) is 2.95. The maximum Gasteiger partial charge on any atom is 0.191 e. The van der Waals surface area contributed by atoms with Crippen molar-refractivity contribution in [3.8, 4) is 5.75 Å². The molecule has 1 aliphatic carbocycles. The molecule has 4 heteroatoms. The second-order valence-electron chi connectivity index (χ2n) is 6.33. The molecule has 0 aliphatic heterocycles. The van der Waals surface area contributed by atoms with Crippen LogP contribution < -0.4 is 15.4 Å². The Hall–Kier alpha value is -1.71. The van der Waals surface area contributed by atoms with Crippen LogP contribution in [-0.2, 0) is 6.54 Å². The monoisotopic (exact) mass is 303 g/mol. The van der Waals surface area contributed by atoms with Gasteiger partial charge in [0.2, 0.25) is 0 Å². The number of nitrogens with one attached hydrogen (secondary N) is 2. The number of rotatable bonds is 4. The first-order valence-corrected chi connectivity index (χ1v) is 8.23. The normalized spacial score (nSPS) is 22.3. The number of benzene rings is 1. The minimum atomic E-state index is 0.551. The Kier molecular flexibility index (Phi) is 6.10. The smallest absolute Gasteiger partial charge is 0.191 e. The fraction of sp³-hybridized carbons (Fsp3) is 0.611. The Balaban J connectivity index is 1.86. The molecule has 1 fully saturated rings. The van der Waals surface area contributed by atoms with Crippen LogP contribution in [0.4, 0.5) is 0 Å². The first-order valence-electron chi connectivity index (χ1n) is 8.23. The molecule has 122 valence electrons. The number of aryl methyl sites for hydroxylation is 1. The van der Waals surface area contributed by atoms with Crippen LogP contribution in [0, 0.1) is 12.8 Å². The van der Waals surface area contributed by atoms with Gasteiger partial charge < -0.3 is 15.4 Å². The third-order valence-corrected chi connectivity index (χ3v) is 4.51. The van der Waals surface area contributed by atoms with E-state index in [1.54, 1.807) is 7.11 Å². The second kappa shape index (κ2) is 8.06. The predicted molar refractivity (Wildman–Crippen MR) is 92.5 cm³/mol. The van der Waals surface area contributed by atoms with Gasteiger partial charge in [-0.05, 0) is 55.7 Å². The van der Waals surface area contributed by atoms with Crippen molar-refractivity contribution in [1.82, 2.24) is 10.6 Å². The summed E-state index contributed by atoms with van der Waals surface area (Å²) in [5.74, 6) is 2.69. The predicted octanol–water partition coefficient (Wildman–Crippen LogP) is 3.25. The molecule has 4 nitrogen and oxygen atoms in total. The highest BCUT2D eigenvalue weighted by molar-refractivity contribution is 5.79. The van der Waals surface area contributed by atoms with E-state index >= 15 is 0 Å². The quantitative estimate of drug-likeness (QED) is 0.663. The van der Waals surface area contributed by atoms with E-state index in [9.17, 15) is 0 Å². The Morgan fingerprint density at radius 3 is 2.64 bits per heavy atom. The summed E-state index contributed by atoms with van der Waals surface area (Å²) in [6.45, 7) is 5.15. The summed E-state index contributed by atoms with van der Waals surface area (Å²) < 4.78 is 5.38. The lowest BCUT2D eigenvalue weighted by atomic mass is 9.87. The standard InChI is InChI=1S/C18H29N3O/c1-13-5-9-16(10-6-13)21-18(19-3)20-12-15-8-7-14(2)17(11-15)22-4/h7-8,11,13,16H,5-6,9-10,12H2,1-4H3,(H2,19,20,21). The zero-order chi connectivity index (χ0) is 15.9. The van der Waals surface area contributed by atoms with Crippen molar-refractivity contribution >= 4 is 5.96 Å². The van der Waals surface area contributed by atoms with E-state index in [0.717, 1.165) is 29.7 Å². The number of hydrogen-bond donors (Lipinski definition) is 2. The molecule has 22 heavy (non-hydrogen) atoms. The van der Waals surface area contributed by atoms with E-state index in [1.807, 2.05) is 7.05 Å². The summed E-state index contributed by atoms with van der Waals surface area (Å²) in [5.41, 5.74) is 2.35. The van der Waals surface area contributed by atoms with E-state index < -0.39 is 0 Å². The van der Waals surface area contributed by atoms with Gasteiger partial charge in [-0.25, -0.2) is 0 Å². The average Bonchev–Trinajstić information content (AvgIpc) is 2.54. The molecule has 1 aromatic carbocycles. The number of aliphatic imine (C=N–C) groups is 1. The fourth-order valence-electron chi connectivity index (χ4n) is 2.95. The lowest BCUT2D eigenvalue weighted by Gasteiger charge is -2.28. The molecule has 0 aromatic heterocycles. The summed E-state index contributed by atoms with van der Waals surface area (Å²) in [6.07, 6.45) is 5.09. The van der Waals surface area contributed by atoms with E-state index in [-0.39, 0.29) is 0 Å². The van der Waals surface area contributed by atoms with Gasteiger partial charge in [-0.2, -0.15) is 0 Å². The van der Waals surface area contributed by atoms with Crippen molar-refractivity contribution in [3.05, 3.63) is 29.3 Å². The first-order chi connectivity index (χ1) is 10.6. The molecule has 0 atom stereocenters. The third-order valence-electron chi connectivity index (χ3n) is 4.51. The van der Waals surface area contributed by atoms with Crippen molar-refractivity contribution in [2.45, 2.75) is 52.1 Å². The summed E-state index contributed by atoms with van der Waals surface area (Å²) >= 11 is 0. The van der Waals surface area contributed by atoms with Gasteiger partial charge in [0.05, 0.1) is 7.11 Å². The maximum absolute atomic E-state index is 5.38. The first kappa shape index (κ1) is 16.7. The molecular weight excluding hydrogens is 274 g/mol. The molecule has 2 N–H and O–H groups in total. The Bertz CT molecular complexity index is 505. The van der Waals surface area contributed by atoms with Crippen LogP contribution in [0.25, 0.3) is 0 Å². The molecule has 2 rings (SSSR count). The van der Waals surface area contributed by atoms with Crippen LogP contribution in [0.1, 0.15) is 43.7 Å². The molecule has 1 saturated carbocycles. The van der Waals surface area contributed by atoms with Crippen LogP contribution in [0.5, 0.6) is 5.75 Å². The summed E-state index contributed by atoms with van der Waals surface area (Å²) in [5, 5.41) is 6.94. The molecule has 0 bridgehead atoms. The molecule has 1 aromatic rings. The molecule has 0 unspecified atom stereocenters. The molecule has 0 amide bonds. The van der Waals surface area contributed by atoms with Crippen molar-refractivity contribution < 1.29 is 4.74 Å². The van der Waals surface area contributed by atoms with Crippen molar-refractivity contribution in [2.75, 3.05) is 14.2 Å². The number of methoxy groups -OCH3 is 1. The SMILES string of the molecule is CN=C(NCc1ccc(C)c(OC)c1)NC1CCC(C)CC1. The molecule has 0 saturated heterocycles. The van der Waals surface area contributed by atoms with Crippen LogP contribution in [-0.4, -0.2) is 26.2 Å². The van der Waals surface area contributed by atoms with Gasteiger partial charge >= 0.3 is 0 Å². The van der Waals surface area contributed by atoms with E-state index in [4.69, 9.17) is 4.74 Å². The zero-order valence-corrected chi connectivity index (χ0v) is 14.3. The van der Waals surface area contributed by atoms with Gasteiger partial charge in [0, 0.05) is 19.6 Å². The number of nitrogens with zero attached hydrogens (tertiary/aromatic N) is 1. The molecule has 0 radical (unpaired) electrons. The molecule has 1 aliphatic rings. The highest BCUT2D eigenvalue weighted by atomic mass is 16.5. The van der Waals surface area contributed by atoms with Crippen molar-refractivity contribution in [3.63, 3.8) is 0 Å². The molecule has 0 heterocycles. The average molecular weight is 303 g/mol. The minimum absolute atomic E-state index is 0.551. The van der Waals surface area contributed by atoms with Crippen LogP contribution in [0.3, 0.4) is 0 Å². The van der Waals surface area contributed by atoms with Gasteiger partial charge in [0.1, 0.15) is 5.75 Å². The van der Waals surface area contributed by atoms with E-state index in [0.29, 0.717) is 6.04 Å². The summed E-state index contributed by atoms with van der Waals surface area (Å²) in [7, 11) is 3.54. The van der Waals surface area contributed by atoms with Gasteiger partial charge in [0.15, 0.2) is 5.96 Å². The number of hydrogen-bond acceptors (Lipinski definition) is 2. The lowest BCUT2D eigenvalue weighted by molar-refractivity contribution is 0.329. The maximum atomic E-state index is 5.38. The Morgan fingerprint density at radius 2 is 2.00 bits per heavy atom. The summed E-state index contributed by atoms with van der Waals surface area (Å²) in [6, 6.07) is 6.85. The van der Waals surface area contributed by atoms with Crippen LogP contribution in [0.15, 0.2) is 23.2 Å². The topological polar surface area (TPSA) is 45.7 Å².